The summed E-state index contributed by atoms with van der Waals surface area (Å²) >= 11 is 0. The van der Waals surface area contributed by atoms with Gasteiger partial charge < -0.3 is 10.1 Å². The van der Waals surface area contributed by atoms with Crippen LogP contribution >= 0.6 is 0 Å². The Morgan fingerprint density at radius 2 is 2.18 bits per heavy atom. The first kappa shape index (κ1) is 14.1. The average Bonchev–Trinajstić information content (AvgIpc) is 2.64. The van der Waals surface area contributed by atoms with Crippen LogP contribution in [0.1, 0.15) is 48.0 Å². The summed E-state index contributed by atoms with van der Waals surface area (Å²) in [5.41, 5.74) is 2.22. The normalized spacial score (nSPS) is 34.2. The van der Waals surface area contributed by atoms with Crippen molar-refractivity contribution in [3.63, 3.8) is 0 Å². The fourth-order valence-electron chi connectivity index (χ4n) is 5.01. The van der Waals surface area contributed by atoms with Gasteiger partial charge in [-0.3, -0.25) is 9.69 Å². The molecule has 0 radical (unpaired) electrons. The molecule has 1 aliphatic carbocycles. The number of amides is 1. The SMILES string of the molecule is COc1ccc2c(c1)[C@]13CCCC[C@@H]1[C@H](NC2=O)N(C)CC3. The number of rotatable bonds is 1. The molecule has 1 N–H and O–H groups in total. The number of methoxy groups -OCH3 is 1. The minimum atomic E-state index is 0.0742. The van der Waals surface area contributed by atoms with E-state index in [4.69, 9.17) is 4.74 Å². The Bertz CT molecular complexity index is 615. The summed E-state index contributed by atoms with van der Waals surface area (Å²) in [4.78, 5) is 15.1. The minimum absolute atomic E-state index is 0.0742. The monoisotopic (exact) mass is 300 g/mol. The zero-order valence-electron chi connectivity index (χ0n) is 13.4. The number of hydrogen-bond donors (Lipinski definition) is 1. The van der Waals surface area contributed by atoms with Gasteiger partial charge in [-0.25, -0.2) is 0 Å². The number of piperidine rings is 1. The first-order valence-electron chi connectivity index (χ1n) is 8.35. The molecule has 22 heavy (non-hydrogen) atoms. The van der Waals surface area contributed by atoms with Crippen LogP contribution in [0, 0.1) is 5.92 Å². The molecule has 1 saturated heterocycles. The van der Waals surface area contributed by atoms with Gasteiger partial charge in [0.2, 0.25) is 0 Å². The van der Waals surface area contributed by atoms with Crippen molar-refractivity contribution in [3.05, 3.63) is 29.3 Å². The number of carbonyl (C=O) groups excluding carboxylic acids is 1. The Balaban J connectivity index is 1.93. The highest BCUT2D eigenvalue weighted by Crippen LogP contribution is 2.53. The number of ether oxygens (including phenoxy) is 1. The van der Waals surface area contributed by atoms with Crippen molar-refractivity contribution in [1.29, 1.82) is 0 Å². The third kappa shape index (κ3) is 1.83. The fourth-order valence-corrected chi connectivity index (χ4v) is 5.01. The Hall–Kier alpha value is -1.55. The number of fused-ring (bicyclic) bond motifs is 1. The minimum Gasteiger partial charge on any atom is -0.497 e. The summed E-state index contributed by atoms with van der Waals surface area (Å²) < 4.78 is 5.45. The molecule has 3 aliphatic rings. The molecule has 0 aromatic heterocycles. The molecular weight excluding hydrogens is 276 g/mol. The summed E-state index contributed by atoms with van der Waals surface area (Å²) in [5, 5.41) is 3.29. The molecule has 4 heteroatoms. The van der Waals surface area contributed by atoms with Gasteiger partial charge >= 0.3 is 0 Å². The molecule has 1 aromatic carbocycles. The van der Waals surface area contributed by atoms with Crippen LogP contribution in [0.2, 0.25) is 0 Å². The van der Waals surface area contributed by atoms with E-state index < -0.39 is 0 Å². The number of nitrogens with zero attached hydrogens (tertiary/aromatic N) is 1. The molecule has 0 unspecified atom stereocenters. The number of hydrogen-bond acceptors (Lipinski definition) is 3. The van der Waals surface area contributed by atoms with E-state index >= 15 is 0 Å². The van der Waals surface area contributed by atoms with Gasteiger partial charge in [-0.2, -0.15) is 0 Å². The van der Waals surface area contributed by atoms with Crippen LogP contribution in [0.5, 0.6) is 5.75 Å². The number of benzene rings is 1. The summed E-state index contributed by atoms with van der Waals surface area (Å²) in [6.07, 6.45) is 6.23. The molecule has 2 aliphatic heterocycles. The lowest BCUT2D eigenvalue weighted by molar-refractivity contribution is 0.00406. The predicted molar refractivity (Wildman–Crippen MR) is 85.1 cm³/mol. The second-order valence-electron chi connectivity index (χ2n) is 7.07. The van der Waals surface area contributed by atoms with Gasteiger partial charge in [0.15, 0.2) is 0 Å². The van der Waals surface area contributed by atoms with Crippen molar-refractivity contribution < 1.29 is 9.53 Å². The zero-order chi connectivity index (χ0) is 15.3. The lowest BCUT2D eigenvalue weighted by Gasteiger charge is -2.53. The van der Waals surface area contributed by atoms with Crippen LogP contribution in [0.4, 0.5) is 0 Å². The summed E-state index contributed by atoms with van der Waals surface area (Å²) in [6.45, 7) is 1.04. The van der Waals surface area contributed by atoms with Crippen molar-refractivity contribution in [2.75, 3.05) is 20.7 Å². The van der Waals surface area contributed by atoms with Crippen LogP contribution in [0.25, 0.3) is 0 Å². The third-order valence-corrected chi connectivity index (χ3v) is 6.15. The number of nitrogens with one attached hydrogen (secondary N) is 1. The highest BCUT2D eigenvalue weighted by atomic mass is 16.5. The number of carbonyl (C=O) groups is 1. The smallest absolute Gasteiger partial charge is 0.252 e. The predicted octanol–water partition coefficient (Wildman–Crippen LogP) is 2.53. The summed E-state index contributed by atoms with van der Waals surface area (Å²) in [5.74, 6) is 1.45. The Morgan fingerprint density at radius 1 is 1.32 bits per heavy atom. The van der Waals surface area contributed by atoms with Crippen LogP contribution in [0.15, 0.2) is 18.2 Å². The molecule has 4 rings (SSSR count). The van der Waals surface area contributed by atoms with Crippen molar-refractivity contribution in [1.82, 2.24) is 10.2 Å². The Morgan fingerprint density at radius 3 is 3.00 bits per heavy atom. The Kier molecular flexibility index (Phi) is 3.19. The van der Waals surface area contributed by atoms with Crippen molar-refractivity contribution in [2.24, 2.45) is 5.92 Å². The van der Waals surface area contributed by atoms with Gasteiger partial charge in [-0.1, -0.05) is 12.8 Å². The van der Waals surface area contributed by atoms with Crippen LogP contribution < -0.4 is 10.1 Å². The molecule has 2 heterocycles. The molecule has 1 saturated carbocycles. The second kappa shape index (κ2) is 4.98. The molecule has 1 aromatic rings. The molecule has 2 bridgehead atoms. The van der Waals surface area contributed by atoms with E-state index in [0.29, 0.717) is 5.92 Å². The van der Waals surface area contributed by atoms with E-state index in [9.17, 15) is 4.79 Å². The van der Waals surface area contributed by atoms with Gasteiger partial charge in [0, 0.05) is 23.4 Å². The van der Waals surface area contributed by atoms with Crippen molar-refractivity contribution in [3.8, 4) is 5.75 Å². The average molecular weight is 300 g/mol. The largest absolute Gasteiger partial charge is 0.497 e. The molecule has 118 valence electrons. The molecule has 1 amide bonds. The highest BCUT2D eigenvalue weighted by molar-refractivity contribution is 5.97. The fraction of sp³-hybridized carbons (Fsp3) is 0.611. The van der Waals surface area contributed by atoms with Crippen molar-refractivity contribution >= 4 is 5.91 Å². The van der Waals surface area contributed by atoms with E-state index in [0.717, 1.165) is 24.3 Å². The molecular formula is C18H24N2O2. The van der Waals surface area contributed by atoms with Gasteiger partial charge in [0.1, 0.15) is 5.75 Å². The van der Waals surface area contributed by atoms with E-state index in [-0.39, 0.29) is 17.5 Å². The summed E-state index contributed by atoms with van der Waals surface area (Å²) in [6, 6.07) is 5.98. The van der Waals surface area contributed by atoms with Gasteiger partial charge in [0.25, 0.3) is 5.91 Å². The second-order valence-corrected chi connectivity index (χ2v) is 7.07. The summed E-state index contributed by atoms with van der Waals surface area (Å²) in [7, 11) is 3.84. The quantitative estimate of drug-likeness (QED) is 0.866. The lowest BCUT2D eigenvalue weighted by Crippen LogP contribution is -2.60. The Labute approximate surface area is 131 Å². The van der Waals surface area contributed by atoms with E-state index in [1.54, 1.807) is 7.11 Å². The first-order valence-corrected chi connectivity index (χ1v) is 8.35. The van der Waals surface area contributed by atoms with E-state index in [1.807, 2.05) is 12.1 Å². The first-order chi connectivity index (χ1) is 10.7. The standard InChI is InChI=1S/C18H24N2O2/c1-20-10-9-18-8-4-3-5-14(18)16(20)19-17(21)13-7-6-12(22-2)11-15(13)18/h6-7,11,14,16H,3-5,8-10H2,1-2H3,(H,19,21)/t14-,16-,18+/m1/s1. The molecule has 4 nitrogen and oxygen atoms in total. The lowest BCUT2D eigenvalue weighted by atomic mass is 9.58. The van der Waals surface area contributed by atoms with Crippen LogP contribution in [-0.2, 0) is 5.41 Å². The van der Waals surface area contributed by atoms with Crippen LogP contribution in [-0.4, -0.2) is 37.7 Å². The maximum absolute atomic E-state index is 12.8. The zero-order valence-corrected chi connectivity index (χ0v) is 13.4. The third-order valence-electron chi connectivity index (χ3n) is 6.15. The molecule has 3 atom stereocenters. The van der Waals surface area contributed by atoms with Gasteiger partial charge in [-0.05, 0) is 50.1 Å². The topological polar surface area (TPSA) is 41.6 Å². The van der Waals surface area contributed by atoms with Crippen LogP contribution in [0.3, 0.4) is 0 Å². The van der Waals surface area contributed by atoms with E-state index in [1.165, 1.54) is 31.2 Å². The van der Waals surface area contributed by atoms with E-state index in [2.05, 4.69) is 23.3 Å². The maximum atomic E-state index is 12.8. The highest BCUT2D eigenvalue weighted by Gasteiger charge is 2.53. The van der Waals surface area contributed by atoms with Crippen molar-refractivity contribution in [2.45, 2.75) is 43.7 Å². The number of likely N-dealkylation sites (tertiary alicyclic amines) is 1. The van der Waals surface area contributed by atoms with Gasteiger partial charge in [0.05, 0.1) is 13.3 Å². The molecule has 2 fully saturated rings. The molecule has 0 spiro atoms. The van der Waals surface area contributed by atoms with Gasteiger partial charge in [-0.15, -0.1) is 0 Å². The maximum Gasteiger partial charge on any atom is 0.252 e.